The summed E-state index contributed by atoms with van der Waals surface area (Å²) < 4.78 is 33.5. The molecule has 0 spiro atoms. The van der Waals surface area contributed by atoms with Gasteiger partial charge < -0.3 is 20.4 Å². The number of anilines is 2. The topological polar surface area (TPSA) is 79.0 Å². The molecular weight excluding hydrogens is 462 g/mol. The highest BCUT2D eigenvalue weighted by molar-refractivity contribution is 6.33. The van der Waals surface area contributed by atoms with Crippen LogP contribution in [-0.4, -0.2) is 21.5 Å². The molecule has 1 amide bonds. The highest BCUT2D eigenvalue weighted by Crippen LogP contribution is 2.42. The van der Waals surface area contributed by atoms with Gasteiger partial charge in [-0.05, 0) is 49.7 Å². The van der Waals surface area contributed by atoms with Gasteiger partial charge in [0.1, 0.15) is 23.0 Å². The second-order valence-corrected chi connectivity index (χ2v) is 9.19. The van der Waals surface area contributed by atoms with E-state index in [2.05, 4.69) is 20.6 Å². The lowest BCUT2D eigenvalue weighted by molar-refractivity contribution is 0.0937. The first-order valence-corrected chi connectivity index (χ1v) is 11.1. The number of nitrogens with one attached hydrogen (secondary N) is 3. The maximum atomic E-state index is 14.2. The smallest absolute Gasteiger partial charge is 0.255 e. The number of carbonyl (C=O) groups excluding carboxylic acids is 1. The number of aromatic amines is 1. The summed E-state index contributed by atoms with van der Waals surface area (Å²) >= 11 is 6.13. The molecule has 0 radical (unpaired) electrons. The van der Waals surface area contributed by atoms with Crippen molar-refractivity contribution in [2.45, 2.75) is 32.4 Å². The lowest BCUT2D eigenvalue weighted by atomic mass is 9.98. The zero-order valence-electron chi connectivity index (χ0n) is 18.4. The lowest BCUT2D eigenvalue weighted by Gasteiger charge is -2.18. The van der Waals surface area contributed by atoms with Crippen LogP contribution in [0, 0.1) is 11.6 Å². The van der Waals surface area contributed by atoms with E-state index >= 15 is 0 Å². The van der Waals surface area contributed by atoms with Crippen LogP contribution in [0.4, 0.5) is 20.4 Å². The summed E-state index contributed by atoms with van der Waals surface area (Å²) in [6.07, 6.45) is 0.544. The highest BCUT2D eigenvalue weighted by atomic mass is 35.5. The van der Waals surface area contributed by atoms with Crippen LogP contribution < -0.4 is 15.4 Å². The van der Waals surface area contributed by atoms with E-state index in [-0.39, 0.29) is 34.9 Å². The maximum Gasteiger partial charge on any atom is 0.255 e. The van der Waals surface area contributed by atoms with Gasteiger partial charge in [0.15, 0.2) is 0 Å². The molecule has 2 heterocycles. The third-order valence-electron chi connectivity index (χ3n) is 5.62. The molecule has 0 bridgehead atoms. The minimum Gasteiger partial charge on any atom is -0.486 e. The predicted octanol–water partition coefficient (Wildman–Crippen LogP) is 5.88. The van der Waals surface area contributed by atoms with Gasteiger partial charge in [-0.3, -0.25) is 4.79 Å². The van der Waals surface area contributed by atoms with Gasteiger partial charge in [0.25, 0.3) is 5.91 Å². The molecule has 1 aliphatic heterocycles. The number of rotatable bonds is 5. The maximum absolute atomic E-state index is 14.2. The second-order valence-electron chi connectivity index (χ2n) is 8.78. The SMILES string of the molecule is CC1(C)Cc2c(c(C(=O)NCc3ccc(F)cc3)cc3[nH]c(Nc4c(F)cccc4Cl)nc23)O1. The Balaban J connectivity index is 1.50. The molecular formula is C25H21ClF2N4O2. The number of hydrogen-bond donors (Lipinski definition) is 3. The van der Waals surface area contributed by atoms with Crippen molar-refractivity contribution in [2.75, 3.05) is 5.32 Å². The van der Waals surface area contributed by atoms with Gasteiger partial charge in [-0.2, -0.15) is 0 Å². The minimum atomic E-state index is -0.524. The Morgan fingerprint density at radius 1 is 1.21 bits per heavy atom. The van der Waals surface area contributed by atoms with Crippen molar-refractivity contribution in [1.29, 1.82) is 0 Å². The fraction of sp³-hybridized carbons (Fsp3) is 0.200. The Hall–Kier alpha value is -3.65. The van der Waals surface area contributed by atoms with E-state index in [1.165, 1.54) is 24.3 Å². The summed E-state index contributed by atoms with van der Waals surface area (Å²) in [6, 6.07) is 12.0. The number of benzene rings is 3. The first kappa shape index (κ1) is 22.2. The number of H-pyrrole nitrogens is 1. The summed E-state index contributed by atoms with van der Waals surface area (Å²) in [5.74, 6) is -0.423. The Morgan fingerprint density at radius 2 is 1.97 bits per heavy atom. The van der Waals surface area contributed by atoms with E-state index in [0.29, 0.717) is 28.8 Å². The van der Waals surface area contributed by atoms with E-state index < -0.39 is 11.4 Å². The highest BCUT2D eigenvalue weighted by Gasteiger charge is 2.36. The second kappa shape index (κ2) is 8.29. The number of ether oxygens (including phenoxy) is 1. The molecule has 34 heavy (non-hydrogen) atoms. The first-order chi connectivity index (χ1) is 16.2. The quantitative estimate of drug-likeness (QED) is 0.332. The van der Waals surface area contributed by atoms with Crippen molar-refractivity contribution >= 4 is 40.2 Å². The van der Waals surface area contributed by atoms with Crippen LogP contribution >= 0.6 is 11.6 Å². The number of halogens is 3. The molecule has 6 nitrogen and oxygen atoms in total. The Kier molecular flexibility index (Phi) is 5.40. The fourth-order valence-corrected chi connectivity index (χ4v) is 4.27. The molecule has 1 aromatic heterocycles. The normalized spacial score (nSPS) is 14.0. The average molecular weight is 483 g/mol. The zero-order chi connectivity index (χ0) is 24.0. The van der Waals surface area contributed by atoms with Crippen LogP contribution in [0.25, 0.3) is 11.0 Å². The summed E-state index contributed by atoms with van der Waals surface area (Å²) in [7, 11) is 0. The van der Waals surface area contributed by atoms with Crippen molar-refractivity contribution in [3.63, 3.8) is 0 Å². The van der Waals surface area contributed by atoms with Crippen LogP contribution in [-0.2, 0) is 13.0 Å². The zero-order valence-corrected chi connectivity index (χ0v) is 19.2. The Morgan fingerprint density at radius 3 is 2.71 bits per heavy atom. The number of imidazole rings is 1. The molecule has 9 heteroatoms. The molecule has 0 saturated heterocycles. The van der Waals surface area contributed by atoms with Crippen molar-refractivity contribution < 1.29 is 18.3 Å². The van der Waals surface area contributed by atoms with Crippen LogP contribution in [0.5, 0.6) is 5.75 Å². The monoisotopic (exact) mass is 482 g/mol. The molecule has 0 atom stereocenters. The van der Waals surface area contributed by atoms with E-state index in [0.717, 1.165) is 11.1 Å². The average Bonchev–Trinajstić information content (AvgIpc) is 3.34. The van der Waals surface area contributed by atoms with Gasteiger partial charge in [-0.1, -0.05) is 29.8 Å². The van der Waals surface area contributed by atoms with E-state index in [9.17, 15) is 13.6 Å². The molecule has 174 valence electrons. The fourth-order valence-electron chi connectivity index (χ4n) is 4.06. The number of nitrogens with zero attached hydrogens (tertiary/aromatic N) is 1. The largest absolute Gasteiger partial charge is 0.486 e. The van der Waals surface area contributed by atoms with Crippen LogP contribution in [0.15, 0.2) is 48.5 Å². The van der Waals surface area contributed by atoms with Gasteiger partial charge in [0.2, 0.25) is 5.95 Å². The molecule has 0 saturated carbocycles. The molecule has 3 aromatic carbocycles. The first-order valence-electron chi connectivity index (χ1n) is 10.7. The number of para-hydroxylation sites is 1. The van der Waals surface area contributed by atoms with Crippen molar-refractivity contribution in [3.8, 4) is 5.75 Å². The van der Waals surface area contributed by atoms with Crippen LogP contribution in [0.1, 0.15) is 35.3 Å². The van der Waals surface area contributed by atoms with E-state index in [4.69, 9.17) is 16.3 Å². The van der Waals surface area contributed by atoms with Crippen molar-refractivity contribution in [2.24, 2.45) is 0 Å². The summed E-state index contributed by atoms with van der Waals surface area (Å²) in [4.78, 5) is 20.8. The van der Waals surface area contributed by atoms with Gasteiger partial charge >= 0.3 is 0 Å². The molecule has 0 aliphatic carbocycles. The standard InChI is InChI=1S/C25H21ClF2N4O2/c1-25(2)11-16-20-19(30-24(31-20)32-21-17(26)4-3-5-18(21)28)10-15(22(16)34-25)23(33)29-12-13-6-8-14(27)9-7-13/h3-10H,11-12H2,1-2H3,(H,29,33)(H2,30,31,32). The lowest BCUT2D eigenvalue weighted by Crippen LogP contribution is -2.26. The predicted molar refractivity (Wildman–Crippen MR) is 127 cm³/mol. The number of hydrogen-bond acceptors (Lipinski definition) is 4. The molecule has 3 N–H and O–H groups in total. The summed E-state index contributed by atoms with van der Waals surface area (Å²) in [5, 5.41) is 5.97. The molecule has 0 unspecified atom stereocenters. The number of aromatic nitrogens is 2. The van der Waals surface area contributed by atoms with Gasteiger partial charge in [-0.15, -0.1) is 0 Å². The molecule has 0 fully saturated rings. The number of fused-ring (bicyclic) bond motifs is 3. The third kappa shape index (κ3) is 4.17. The Labute approximate surface area is 199 Å². The van der Waals surface area contributed by atoms with Gasteiger partial charge in [0, 0.05) is 18.5 Å². The van der Waals surface area contributed by atoms with Crippen molar-refractivity contribution in [3.05, 3.63) is 81.9 Å². The minimum absolute atomic E-state index is 0.105. The van der Waals surface area contributed by atoms with E-state index in [1.807, 2.05) is 13.8 Å². The van der Waals surface area contributed by atoms with Crippen LogP contribution in [0.2, 0.25) is 5.02 Å². The third-order valence-corrected chi connectivity index (χ3v) is 5.94. The van der Waals surface area contributed by atoms with Crippen molar-refractivity contribution in [1.82, 2.24) is 15.3 Å². The van der Waals surface area contributed by atoms with Gasteiger partial charge in [-0.25, -0.2) is 13.8 Å². The van der Waals surface area contributed by atoms with Crippen LogP contribution in [0.3, 0.4) is 0 Å². The summed E-state index contributed by atoms with van der Waals surface area (Å²) in [6.45, 7) is 4.10. The summed E-state index contributed by atoms with van der Waals surface area (Å²) in [5.41, 5.74) is 2.72. The Bertz CT molecular complexity index is 1400. The molecule has 5 rings (SSSR count). The van der Waals surface area contributed by atoms with E-state index in [1.54, 1.807) is 24.3 Å². The van der Waals surface area contributed by atoms with Gasteiger partial charge in [0.05, 0.1) is 27.3 Å². The molecule has 4 aromatic rings. The number of carbonyl (C=O) groups is 1. The number of amides is 1. The molecule has 1 aliphatic rings.